The van der Waals surface area contributed by atoms with Crippen LogP contribution in [0.15, 0.2) is 24.5 Å². The van der Waals surface area contributed by atoms with Crippen molar-refractivity contribution in [3.8, 4) is 0 Å². The molecular weight excluding hydrogens is 258 g/mol. The molecule has 0 spiro atoms. The summed E-state index contributed by atoms with van der Waals surface area (Å²) in [5.41, 5.74) is -0.869. The third-order valence-corrected chi connectivity index (χ3v) is 3.82. The smallest absolute Gasteiger partial charge is 0.351 e. The Balaban J connectivity index is 2.01. The standard InChI is InChI=1S/C15H23NO4/c1-14(2)9-11(10-15(3,4)16(14)18)20-13(17)12-7-5-6-8-19-12/h5-8,11-12,18H,9-10H2,1-4H3. The molecule has 1 fully saturated rings. The van der Waals surface area contributed by atoms with Gasteiger partial charge in [-0.15, -0.1) is 0 Å². The maximum atomic E-state index is 12.1. The maximum absolute atomic E-state index is 12.1. The fourth-order valence-corrected chi connectivity index (χ4v) is 3.01. The van der Waals surface area contributed by atoms with Gasteiger partial charge in [-0.25, -0.2) is 4.79 Å². The monoisotopic (exact) mass is 281 g/mol. The molecule has 0 radical (unpaired) electrons. The summed E-state index contributed by atoms with van der Waals surface area (Å²) in [6.07, 6.45) is 6.92. The van der Waals surface area contributed by atoms with E-state index >= 15 is 0 Å². The van der Waals surface area contributed by atoms with Crippen molar-refractivity contribution in [3.63, 3.8) is 0 Å². The van der Waals surface area contributed by atoms with Gasteiger partial charge in [-0.3, -0.25) is 0 Å². The normalized spacial score (nSPS) is 28.9. The highest BCUT2D eigenvalue weighted by Gasteiger charge is 2.46. The molecule has 0 aromatic carbocycles. The van der Waals surface area contributed by atoms with Crippen molar-refractivity contribution in [3.05, 3.63) is 24.5 Å². The van der Waals surface area contributed by atoms with Gasteiger partial charge in [0.2, 0.25) is 6.10 Å². The Morgan fingerprint density at radius 2 is 1.85 bits per heavy atom. The van der Waals surface area contributed by atoms with Crippen LogP contribution in [0.1, 0.15) is 40.5 Å². The van der Waals surface area contributed by atoms with Gasteiger partial charge in [0.25, 0.3) is 0 Å². The lowest BCUT2D eigenvalue weighted by molar-refractivity contribution is -0.260. The molecule has 1 N–H and O–H groups in total. The molecule has 112 valence electrons. The number of esters is 1. The maximum Gasteiger partial charge on any atom is 0.351 e. The number of rotatable bonds is 2. The fraction of sp³-hybridized carbons (Fsp3) is 0.667. The summed E-state index contributed by atoms with van der Waals surface area (Å²) in [5.74, 6) is -0.381. The molecule has 2 aliphatic rings. The number of nitrogens with zero attached hydrogens (tertiary/aromatic N) is 1. The molecule has 1 saturated heterocycles. The lowest BCUT2D eigenvalue weighted by Crippen LogP contribution is -2.60. The topological polar surface area (TPSA) is 59.0 Å². The van der Waals surface area contributed by atoms with Gasteiger partial charge in [0, 0.05) is 23.9 Å². The Labute approximate surface area is 119 Å². The second-order valence-electron chi connectivity index (χ2n) is 6.67. The van der Waals surface area contributed by atoms with E-state index < -0.39 is 17.2 Å². The second-order valence-corrected chi connectivity index (χ2v) is 6.67. The van der Waals surface area contributed by atoms with Crippen molar-refractivity contribution in [2.45, 2.75) is 63.8 Å². The molecule has 2 aliphatic heterocycles. The van der Waals surface area contributed by atoms with Crippen molar-refractivity contribution in [1.29, 1.82) is 0 Å². The second kappa shape index (κ2) is 5.22. The first-order valence-corrected chi connectivity index (χ1v) is 6.91. The molecule has 0 aromatic heterocycles. The van der Waals surface area contributed by atoms with E-state index in [1.54, 1.807) is 18.2 Å². The molecule has 2 heterocycles. The lowest BCUT2D eigenvalue weighted by Gasteiger charge is -2.50. The van der Waals surface area contributed by atoms with Gasteiger partial charge < -0.3 is 14.7 Å². The summed E-state index contributed by atoms with van der Waals surface area (Å²) < 4.78 is 10.8. The number of allylic oxidation sites excluding steroid dienone is 2. The van der Waals surface area contributed by atoms with Crippen LogP contribution in [0.4, 0.5) is 0 Å². The SMILES string of the molecule is CC1(C)CC(OC(=O)C2C=CC=CO2)CC(C)(C)N1O. The van der Waals surface area contributed by atoms with Gasteiger partial charge >= 0.3 is 5.97 Å². The van der Waals surface area contributed by atoms with E-state index in [9.17, 15) is 10.0 Å². The first kappa shape index (κ1) is 15.1. The lowest BCUT2D eigenvalue weighted by atomic mass is 9.80. The molecule has 0 saturated carbocycles. The zero-order valence-corrected chi connectivity index (χ0v) is 12.5. The Morgan fingerprint density at radius 1 is 1.25 bits per heavy atom. The molecule has 20 heavy (non-hydrogen) atoms. The molecule has 1 atom stereocenters. The summed E-state index contributed by atoms with van der Waals surface area (Å²) in [6.45, 7) is 7.76. The summed E-state index contributed by atoms with van der Waals surface area (Å²) in [6, 6.07) is 0. The number of hydroxylamine groups is 2. The third kappa shape index (κ3) is 3.04. The molecule has 0 amide bonds. The predicted molar refractivity (Wildman–Crippen MR) is 74.1 cm³/mol. The highest BCUT2D eigenvalue weighted by molar-refractivity contribution is 5.77. The quantitative estimate of drug-likeness (QED) is 0.788. The minimum atomic E-state index is -0.668. The minimum absolute atomic E-state index is 0.223. The Bertz CT molecular complexity index is 421. The molecule has 0 aromatic rings. The van der Waals surface area contributed by atoms with E-state index in [4.69, 9.17) is 9.47 Å². The van der Waals surface area contributed by atoms with Crippen LogP contribution < -0.4 is 0 Å². The van der Waals surface area contributed by atoms with Crippen molar-refractivity contribution in [2.24, 2.45) is 0 Å². The zero-order chi connectivity index (χ0) is 15.0. The molecule has 2 rings (SSSR count). The summed E-state index contributed by atoms with van der Waals surface area (Å²) >= 11 is 0. The Hall–Kier alpha value is -1.33. The molecule has 5 nitrogen and oxygen atoms in total. The van der Waals surface area contributed by atoms with Gasteiger partial charge in [-0.2, -0.15) is 5.06 Å². The molecule has 0 bridgehead atoms. The van der Waals surface area contributed by atoms with Crippen molar-refractivity contribution in [1.82, 2.24) is 5.06 Å². The molecular formula is C15H23NO4. The largest absolute Gasteiger partial charge is 0.482 e. The van der Waals surface area contributed by atoms with E-state index in [1.165, 1.54) is 11.3 Å². The van der Waals surface area contributed by atoms with Crippen LogP contribution >= 0.6 is 0 Å². The molecule has 5 heteroatoms. The average Bonchev–Trinajstić information content (AvgIpc) is 2.36. The van der Waals surface area contributed by atoms with E-state index in [1.807, 2.05) is 27.7 Å². The van der Waals surface area contributed by atoms with E-state index in [0.717, 1.165) is 0 Å². The van der Waals surface area contributed by atoms with Crippen LogP contribution in [-0.2, 0) is 14.3 Å². The van der Waals surface area contributed by atoms with Crippen LogP contribution in [0.25, 0.3) is 0 Å². The van der Waals surface area contributed by atoms with Gasteiger partial charge in [-0.1, -0.05) is 6.08 Å². The Morgan fingerprint density at radius 3 is 2.35 bits per heavy atom. The predicted octanol–water partition coefficient (Wildman–Crippen LogP) is 2.41. The zero-order valence-electron chi connectivity index (χ0n) is 12.5. The van der Waals surface area contributed by atoms with Crippen molar-refractivity contribution < 1.29 is 19.5 Å². The van der Waals surface area contributed by atoms with E-state index in [0.29, 0.717) is 12.8 Å². The van der Waals surface area contributed by atoms with Crippen LogP contribution in [0.2, 0.25) is 0 Å². The van der Waals surface area contributed by atoms with E-state index in [2.05, 4.69) is 0 Å². The van der Waals surface area contributed by atoms with Crippen molar-refractivity contribution >= 4 is 5.97 Å². The van der Waals surface area contributed by atoms with Crippen LogP contribution in [0, 0.1) is 0 Å². The molecule has 0 aliphatic carbocycles. The van der Waals surface area contributed by atoms with Crippen molar-refractivity contribution in [2.75, 3.05) is 0 Å². The first-order valence-electron chi connectivity index (χ1n) is 6.91. The van der Waals surface area contributed by atoms with Gasteiger partial charge in [0.05, 0.1) is 6.26 Å². The van der Waals surface area contributed by atoms with Gasteiger partial charge in [-0.05, 0) is 39.8 Å². The fourth-order valence-electron chi connectivity index (χ4n) is 3.01. The minimum Gasteiger partial charge on any atom is -0.482 e. The van der Waals surface area contributed by atoms with Crippen LogP contribution in [-0.4, -0.2) is 39.5 Å². The number of carbonyl (C=O) groups excluding carboxylic acids is 1. The first-order chi connectivity index (χ1) is 9.22. The number of ether oxygens (including phenoxy) is 2. The third-order valence-electron chi connectivity index (χ3n) is 3.82. The Kier molecular flexibility index (Phi) is 3.93. The summed E-state index contributed by atoms with van der Waals surface area (Å²) in [7, 11) is 0. The average molecular weight is 281 g/mol. The highest BCUT2D eigenvalue weighted by atomic mass is 16.6. The summed E-state index contributed by atoms with van der Waals surface area (Å²) in [4.78, 5) is 12.1. The van der Waals surface area contributed by atoms with Gasteiger partial charge in [0.15, 0.2) is 0 Å². The molecule has 1 unspecified atom stereocenters. The number of hydrogen-bond acceptors (Lipinski definition) is 5. The highest BCUT2D eigenvalue weighted by Crippen LogP contribution is 2.38. The van der Waals surface area contributed by atoms with Crippen LogP contribution in [0.5, 0.6) is 0 Å². The van der Waals surface area contributed by atoms with Crippen LogP contribution in [0.3, 0.4) is 0 Å². The van der Waals surface area contributed by atoms with E-state index in [-0.39, 0.29) is 12.1 Å². The number of hydrogen-bond donors (Lipinski definition) is 1. The van der Waals surface area contributed by atoms with Gasteiger partial charge in [0.1, 0.15) is 6.10 Å². The summed E-state index contributed by atoms with van der Waals surface area (Å²) in [5, 5.41) is 11.6. The number of piperidine rings is 1. The number of carbonyl (C=O) groups is 1.